The van der Waals surface area contributed by atoms with E-state index in [1.165, 1.54) is 0 Å². The quantitative estimate of drug-likeness (QED) is 0.842. The van der Waals surface area contributed by atoms with Gasteiger partial charge in [0, 0.05) is 6.04 Å². The summed E-state index contributed by atoms with van der Waals surface area (Å²) < 4.78 is 27.6. The van der Waals surface area contributed by atoms with Gasteiger partial charge in [-0.25, -0.2) is 13.1 Å². The number of nitrogen functional groups attached to an aromatic ring is 1. The predicted molar refractivity (Wildman–Crippen MR) is 81.9 cm³/mol. The van der Waals surface area contributed by atoms with Crippen LogP contribution in [-0.2, 0) is 10.0 Å². The van der Waals surface area contributed by atoms with Crippen molar-refractivity contribution in [2.45, 2.75) is 57.4 Å². The van der Waals surface area contributed by atoms with Gasteiger partial charge in [-0.05, 0) is 55.7 Å². The van der Waals surface area contributed by atoms with Crippen LogP contribution in [0, 0.1) is 12.3 Å². The molecule has 3 N–H and O–H groups in total. The molecule has 0 unspecified atom stereocenters. The molecule has 1 aliphatic carbocycles. The molecule has 1 aromatic carbocycles. The van der Waals surface area contributed by atoms with E-state index in [4.69, 9.17) is 5.73 Å². The zero-order chi connectivity index (χ0) is 15.0. The van der Waals surface area contributed by atoms with Crippen LogP contribution in [0.25, 0.3) is 0 Å². The Balaban J connectivity index is 2.12. The Morgan fingerprint density at radius 3 is 2.40 bits per heavy atom. The lowest BCUT2D eigenvalue weighted by molar-refractivity contribution is 0.218. The van der Waals surface area contributed by atoms with Crippen LogP contribution in [0.3, 0.4) is 0 Å². The molecular weight excluding hydrogens is 272 g/mol. The van der Waals surface area contributed by atoms with Crippen LogP contribution in [0.5, 0.6) is 0 Å². The van der Waals surface area contributed by atoms with E-state index < -0.39 is 10.0 Å². The van der Waals surface area contributed by atoms with Crippen molar-refractivity contribution in [3.63, 3.8) is 0 Å². The van der Waals surface area contributed by atoms with Crippen molar-refractivity contribution >= 4 is 15.7 Å². The van der Waals surface area contributed by atoms with Crippen molar-refractivity contribution < 1.29 is 8.42 Å². The maximum Gasteiger partial charge on any atom is 0.242 e. The van der Waals surface area contributed by atoms with Crippen LogP contribution in [0.2, 0.25) is 0 Å². The number of aryl methyl sites for hydroxylation is 1. The van der Waals surface area contributed by atoms with Crippen molar-refractivity contribution in [2.24, 2.45) is 5.41 Å². The molecule has 0 amide bonds. The number of hydrogen-bond acceptors (Lipinski definition) is 3. The van der Waals surface area contributed by atoms with Gasteiger partial charge < -0.3 is 5.73 Å². The minimum absolute atomic E-state index is 0.0220. The molecule has 0 aliphatic heterocycles. The molecule has 5 heteroatoms. The molecule has 0 aromatic heterocycles. The van der Waals surface area contributed by atoms with Crippen LogP contribution < -0.4 is 10.5 Å². The topological polar surface area (TPSA) is 72.2 Å². The number of anilines is 1. The number of sulfonamides is 1. The molecule has 112 valence electrons. The molecule has 0 saturated heterocycles. The first kappa shape index (κ1) is 15.3. The van der Waals surface area contributed by atoms with Crippen LogP contribution >= 0.6 is 0 Å². The summed E-state index contributed by atoms with van der Waals surface area (Å²) in [6.45, 7) is 6.36. The monoisotopic (exact) mass is 296 g/mol. The standard InChI is InChI=1S/C15H24N2O2S/c1-11-4-5-14(13(16)10-11)20(18,19)17-12-6-8-15(2,3)9-7-12/h4-5,10,12,17H,6-9,16H2,1-3H3. The van der Waals surface area contributed by atoms with Gasteiger partial charge in [-0.2, -0.15) is 0 Å². The molecular formula is C15H24N2O2S. The molecule has 1 fully saturated rings. The Morgan fingerprint density at radius 1 is 1.25 bits per heavy atom. The van der Waals surface area contributed by atoms with Gasteiger partial charge in [0.15, 0.2) is 0 Å². The van der Waals surface area contributed by atoms with E-state index in [0.717, 1.165) is 31.2 Å². The van der Waals surface area contributed by atoms with Crippen molar-refractivity contribution in [2.75, 3.05) is 5.73 Å². The molecule has 1 aromatic rings. The van der Waals surface area contributed by atoms with Crippen LogP contribution in [0.1, 0.15) is 45.1 Å². The summed E-state index contributed by atoms with van der Waals surface area (Å²) in [6.07, 6.45) is 3.86. The zero-order valence-corrected chi connectivity index (χ0v) is 13.3. The minimum atomic E-state index is -3.52. The van der Waals surface area contributed by atoms with Gasteiger partial charge in [-0.3, -0.25) is 0 Å². The fraction of sp³-hybridized carbons (Fsp3) is 0.600. The average molecular weight is 296 g/mol. The van der Waals surface area contributed by atoms with Crippen molar-refractivity contribution in [1.29, 1.82) is 0 Å². The number of nitrogens with two attached hydrogens (primary N) is 1. The number of nitrogens with one attached hydrogen (secondary N) is 1. The third-order valence-electron chi connectivity index (χ3n) is 4.12. The van der Waals surface area contributed by atoms with Crippen LogP contribution in [-0.4, -0.2) is 14.5 Å². The van der Waals surface area contributed by atoms with E-state index >= 15 is 0 Å². The maximum atomic E-state index is 12.4. The number of benzene rings is 1. The minimum Gasteiger partial charge on any atom is -0.398 e. The summed E-state index contributed by atoms with van der Waals surface area (Å²) in [4.78, 5) is 0.188. The highest BCUT2D eigenvalue weighted by Crippen LogP contribution is 2.35. The lowest BCUT2D eigenvalue weighted by Gasteiger charge is -2.34. The van der Waals surface area contributed by atoms with Crippen LogP contribution in [0.4, 0.5) is 5.69 Å². The lowest BCUT2D eigenvalue weighted by atomic mass is 9.76. The van der Waals surface area contributed by atoms with Gasteiger partial charge >= 0.3 is 0 Å². The highest BCUT2D eigenvalue weighted by Gasteiger charge is 2.30. The molecule has 0 spiro atoms. The molecule has 0 radical (unpaired) electrons. The Kier molecular flexibility index (Phi) is 4.12. The summed E-state index contributed by atoms with van der Waals surface area (Å²) in [5.74, 6) is 0. The lowest BCUT2D eigenvalue weighted by Crippen LogP contribution is -2.39. The Hall–Kier alpha value is -1.07. The summed E-state index contributed by atoms with van der Waals surface area (Å²) in [5.41, 5.74) is 7.43. The fourth-order valence-electron chi connectivity index (χ4n) is 2.71. The number of rotatable bonds is 3. The van der Waals surface area contributed by atoms with Gasteiger partial charge in [0.05, 0.1) is 5.69 Å². The van der Waals surface area contributed by atoms with Crippen molar-refractivity contribution in [3.8, 4) is 0 Å². The molecule has 1 aliphatic rings. The van der Waals surface area contributed by atoms with E-state index in [9.17, 15) is 8.42 Å². The molecule has 2 rings (SSSR count). The Morgan fingerprint density at radius 2 is 1.85 bits per heavy atom. The third kappa shape index (κ3) is 3.52. The average Bonchev–Trinajstić information content (AvgIpc) is 2.31. The first-order chi connectivity index (χ1) is 9.20. The number of hydrogen-bond donors (Lipinski definition) is 2. The Labute approximate surface area is 121 Å². The largest absolute Gasteiger partial charge is 0.398 e. The second kappa shape index (κ2) is 5.37. The SMILES string of the molecule is Cc1ccc(S(=O)(=O)NC2CCC(C)(C)CC2)c(N)c1. The third-order valence-corrected chi connectivity index (χ3v) is 5.71. The molecule has 1 saturated carbocycles. The van der Waals surface area contributed by atoms with Crippen molar-refractivity contribution in [1.82, 2.24) is 4.72 Å². The normalized spacial score (nSPS) is 19.9. The molecule has 4 nitrogen and oxygen atoms in total. The van der Waals surface area contributed by atoms with Gasteiger partial charge in [0.25, 0.3) is 0 Å². The smallest absolute Gasteiger partial charge is 0.242 e. The second-order valence-corrected chi connectivity index (χ2v) is 8.28. The first-order valence-corrected chi connectivity index (χ1v) is 8.56. The van der Waals surface area contributed by atoms with Crippen molar-refractivity contribution in [3.05, 3.63) is 23.8 Å². The van der Waals surface area contributed by atoms with E-state index in [-0.39, 0.29) is 10.9 Å². The summed E-state index contributed by atoms with van der Waals surface area (Å²) >= 11 is 0. The first-order valence-electron chi connectivity index (χ1n) is 7.08. The fourth-order valence-corrected chi connectivity index (χ4v) is 4.13. The second-order valence-electron chi connectivity index (χ2n) is 6.60. The van der Waals surface area contributed by atoms with E-state index in [1.54, 1.807) is 18.2 Å². The molecule has 0 bridgehead atoms. The van der Waals surface area contributed by atoms with E-state index in [0.29, 0.717) is 11.1 Å². The zero-order valence-electron chi connectivity index (χ0n) is 12.4. The summed E-state index contributed by atoms with van der Waals surface area (Å²) in [6, 6.07) is 5.07. The summed E-state index contributed by atoms with van der Waals surface area (Å²) in [7, 11) is -3.52. The highest BCUT2D eigenvalue weighted by atomic mass is 32.2. The Bertz CT molecular complexity index is 584. The molecule has 0 heterocycles. The maximum absolute atomic E-state index is 12.4. The van der Waals surface area contributed by atoms with Gasteiger partial charge in [0.2, 0.25) is 10.0 Å². The van der Waals surface area contributed by atoms with Gasteiger partial charge in [-0.1, -0.05) is 19.9 Å². The van der Waals surface area contributed by atoms with Gasteiger partial charge in [-0.15, -0.1) is 0 Å². The van der Waals surface area contributed by atoms with Crippen LogP contribution in [0.15, 0.2) is 23.1 Å². The summed E-state index contributed by atoms with van der Waals surface area (Å²) in [5, 5.41) is 0. The highest BCUT2D eigenvalue weighted by molar-refractivity contribution is 7.89. The van der Waals surface area contributed by atoms with Gasteiger partial charge in [0.1, 0.15) is 4.90 Å². The predicted octanol–water partition coefficient (Wildman–Crippen LogP) is 2.82. The van der Waals surface area contributed by atoms with E-state index in [2.05, 4.69) is 18.6 Å². The molecule has 0 atom stereocenters. The molecule has 20 heavy (non-hydrogen) atoms. The van der Waals surface area contributed by atoms with E-state index in [1.807, 2.05) is 6.92 Å².